The molecule has 74 valence electrons. The average Bonchev–Trinajstić information content (AvgIpc) is 2.81. The summed E-state index contributed by atoms with van der Waals surface area (Å²) in [5.41, 5.74) is 0. The second-order valence-electron chi connectivity index (χ2n) is 4.64. The van der Waals surface area contributed by atoms with Crippen molar-refractivity contribution >= 4 is 11.8 Å². The van der Waals surface area contributed by atoms with Gasteiger partial charge in [0.1, 0.15) is 0 Å². The summed E-state index contributed by atoms with van der Waals surface area (Å²) in [6, 6.07) is 10.9. The van der Waals surface area contributed by atoms with Gasteiger partial charge in [0.15, 0.2) is 0 Å². The Labute approximate surface area is 90.1 Å². The second-order valence-corrected chi connectivity index (χ2v) is 5.96. The molecular formula is C13H16S. The van der Waals surface area contributed by atoms with Crippen LogP contribution in [0.15, 0.2) is 35.2 Å². The van der Waals surface area contributed by atoms with Crippen molar-refractivity contribution in [1.82, 2.24) is 0 Å². The summed E-state index contributed by atoms with van der Waals surface area (Å²) in [5, 5.41) is 0.927. The molecule has 1 aromatic rings. The van der Waals surface area contributed by atoms with Crippen LogP contribution in [-0.2, 0) is 0 Å². The van der Waals surface area contributed by atoms with Crippen molar-refractivity contribution in [3.63, 3.8) is 0 Å². The maximum Gasteiger partial charge on any atom is 0.0125 e. The highest BCUT2D eigenvalue weighted by atomic mass is 32.2. The van der Waals surface area contributed by atoms with Crippen LogP contribution < -0.4 is 0 Å². The lowest BCUT2D eigenvalue weighted by Crippen LogP contribution is -2.11. The number of benzene rings is 1. The lowest BCUT2D eigenvalue weighted by atomic mass is 10.0. The van der Waals surface area contributed by atoms with Gasteiger partial charge in [-0.2, -0.15) is 0 Å². The van der Waals surface area contributed by atoms with Gasteiger partial charge in [-0.1, -0.05) is 24.6 Å². The molecule has 2 aliphatic rings. The average molecular weight is 204 g/mol. The molecule has 0 aromatic heterocycles. The molecule has 2 aliphatic carbocycles. The van der Waals surface area contributed by atoms with Crippen LogP contribution in [0.4, 0.5) is 0 Å². The van der Waals surface area contributed by atoms with Gasteiger partial charge < -0.3 is 0 Å². The zero-order valence-electron chi connectivity index (χ0n) is 8.36. The summed E-state index contributed by atoms with van der Waals surface area (Å²) < 4.78 is 0. The van der Waals surface area contributed by atoms with Crippen LogP contribution in [0.3, 0.4) is 0 Å². The normalized spacial score (nSPS) is 35.0. The molecular weight excluding hydrogens is 188 g/mol. The van der Waals surface area contributed by atoms with E-state index >= 15 is 0 Å². The SMILES string of the molecule is c1ccc(SC2C[C@@H]3CC[C@H]2C3)cc1. The van der Waals surface area contributed by atoms with Crippen LogP contribution in [0.5, 0.6) is 0 Å². The summed E-state index contributed by atoms with van der Waals surface area (Å²) in [6.45, 7) is 0. The van der Waals surface area contributed by atoms with Crippen LogP contribution in [0, 0.1) is 11.8 Å². The van der Waals surface area contributed by atoms with Crippen molar-refractivity contribution in [2.45, 2.75) is 35.8 Å². The Morgan fingerprint density at radius 1 is 1.00 bits per heavy atom. The van der Waals surface area contributed by atoms with E-state index in [-0.39, 0.29) is 0 Å². The molecule has 0 heterocycles. The fourth-order valence-electron chi connectivity index (χ4n) is 3.00. The van der Waals surface area contributed by atoms with E-state index in [1.54, 1.807) is 0 Å². The summed E-state index contributed by atoms with van der Waals surface area (Å²) in [7, 11) is 0. The third-order valence-corrected chi connectivity index (χ3v) is 5.13. The highest BCUT2D eigenvalue weighted by molar-refractivity contribution is 8.00. The van der Waals surface area contributed by atoms with Crippen LogP contribution in [0.1, 0.15) is 25.7 Å². The molecule has 0 aliphatic heterocycles. The van der Waals surface area contributed by atoms with Crippen LogP contribution in [0.2, 0.25) is 0 Å². The van der Waals surface area contributed by atoms with Gasteiger partial charge in [0, 0.05) is 10.1 Å². The van der Waals surface area contributed by atoms with Gasteiger partial charge >= 0.3 is 0 Å². The fraction of sp³-hybridized carbons (Fsp3) is 0.538. The number of thioether (sulfide) groups is 1. The minimum Gasteiger partial charge on any atom is -0.122 e. The van der Waals surface area contributed by atoms with Crippen molar-refractivity contribution in [3.8, 4) is 0 Å². The van der Waals surface area contributed by atoms with Crippen LogP contribution >= 0.6 is 11.8 Å². The Balaban J connectivity index is 1.69. The maximum atomic E-state index is 2.25. The Morgan fingerprint density at radius 3 is 2.50 bits per heavy atom. The molecule has 3 rings (SSSR count). The zero-order chi connectivity index (χ0) is 9.38. The van der Waals surface area contributed by atoms with Crippen LogP contribution in [0.25, 0.3) is 0 Å². The van der Waals surface area contributed by atoms with E-state index < -0.39 is 0 Å². The Hall–Kier alpha value is -0.430. The molecule has 0 saturated heterocycles. The third kappa shape index (κ3) is 1.58. The van der Waals surface area contributed by atoms with E-state index in [1.165, 1.54) is 30.6 Å². The van der Waals surface area contributed by atoms with Crippen molar-refractivity contribution in [2.75, 3.05) is 0 Å². The van der Waals surface area contributed by atoms with E-state index in [0.717, 1.165) is 17.1 Å². The lowest BCUT2D eigenvalue weighted by Gasteiger charge is -2.20. The minimum atomic E-state index is 0.927. The van der Waals surface area contributed by atoms with Crippen molar-refractivity contribution < 1.29 is 0 Å². The number of fused-ring (bicyclic) bond motifs is 2. The Morgan fingerprint density at radius 2 is 1.86 bits per heavy atom. The lowest BCUT2D eigenvalue weighted by molar-refractivity contribution is 0.492. The number of hydrogen-bond acceptors (Lipinski definition) is 1. The van der Waals surface area contributed by atoms with Crippen LogP contribution in [-0.4, -0.2) is 5.25 Å². The molecule has 0 N–H and O–H groups in total. The van der Waals surface area contributed by atoms with Crippen molar-refractivity contribution in [1.29, 1.82) is 0 Å². The van der Waals surface area contributed by atoms with E-state index in [0.29, 0.717) is 0 Å². The topological polar surface area (TPSA) is 0 Å². The van der Waals surface area contributed by atoms with Gasteiger partial charge in [-0.3, -0.25) is 0 Å². The van der Waals surface area contributed by atoms with Crippen molar-refractivity contribution in [3.05, 3.63) is 30.3 Å². The maximum absolute atomic E-state index is 2.25. The van der Waals surface area contributed by atoms with E-state index in [2.05, 4.69) is 42.1 Å². The summed E-state index contributed by atoms with van der Waals surface area (Å²) in [5.74, 6) is 2.10. The summed E-state index contributed by atoms with van der Waals surface area (Å²) in [4.78, 5) is 1.46. The predicted molar refractivity (Wildman–Crippen MR) is 61.5 cm³/mol. The quantitative estimate of drug-likeness (QED) is 0.702. The monoisotopic (exact) mass is 204 g/mol. The molecule has 0 spiro atoms. The molecule has 2 bridgehead atoms. The number of hydrogen-bond donors (Lipinski definition) is 0. The fourth-order valence-corrected chi connectivity index (χ4v) is 4.48. The molecule has 14 heavy (non-hydrogen) atoms. The molecule has 2 fully saturated rings. The first kappa shape index (κ1) is 8.84. The van der Waals surface area contributed by atoms with Gasteiger partial charge in [-0.05, 0) is 43.2 Å². The molecule has 0 amide bonds. The van der Waals surface area contributed by atoms with Gasteiger partial charge in [-0.15, -0.1) is 11.8 Å². The highest BCUT2D eigenvalue weighted by Gasteiger charge is 2.39. The standard InChI is InChI=1S/C13H16S/c1-2-4-12(5-3-1)14-13-9-10-6-7-11(13)8-10/h1-5,10-11,13H,6-9H2/t10-,11+,13?/m1/s1. The first-order valence-electron chi connectivity index (χ1n) is 5.63. The molecule has 0 radical (unpaired) electrons. The smallest absolute Gasteiger partial charge is 0.0125 e. The van der Waals surface area contributed by atoms with E-state index in [9.17, 15) is 0 Å². The van der Waals surface area contributed by atoms with E-state index in [4.69, 9.17) is 0 Å². The van der Waals surface area contributed by atoms with Crippen molar-refractivity contribution in [2.24, 2.45) is 11.8 Å². The van der Waals surface area contributed by atoms with E-state index in [1.807, 2.05) is 0 Å². The molecule has 1 heteroatoms. The highest BCUT2D eigenvalue weighted by Crippen LogP contribution is 2.50. The molecule has 2 saturated carbocycles. The summed E-state index contributed by atoms with van der Waals surface area (Å²) >= 11 is 2.11. The Bertz CT molecular complexity index is 306. The molecule has 1 aromatic carbocycles. The van der Waals surface area contributed by atoms with Gasteiger partial charge in [-0.25, -0.2) is 0 Å². The minimum absolute atomic E-state index is 0.927. The molecule has 0 nitrogen and oxygen atoms in total. The first-order chi connectivity index (χ1) is 6.92. The van der Waals surface area contributed by atoms with Gasteiger partial charge in [0.25, 0.3) is 0 Å². The predicted octanol–water partition coefficient (Wildman–Crippen LogP) is 3.97. The third-order valence-electron chi connectivity index (χ3n) is 3.70. The largest absolute Gasteiger partial charge is 0.122 e. The molecule has 3 atom stereocenters. The first-order valence-corrected chi connectivity index (χ1v) is 6.51. The summed E-state index contributed by atoms with van der Waals surface area (Å²) in [6.07, 6.45) is 6.00. The zero-order valence-corrected chi connectivity index (χ0v) is 9.17. The number of rotatable bonds is 2. The second kappa shape index (κ2) is 3.62. The Kier molecular flexibility index (Phi) is 2.28. The molecule has 1 unspecified atom stereocenters. The van der Waals surface area contributed by atoms with Gasteiger partial charge in [0.05, 0.1) is 0 Å². The van der Waals surface area contributed by atoms with Gasteiger partial charge in [0.2, 0.25) is 0 Å².